The first kappa shape index (κ1) is 50.0. The first-order valence-corrected chi connectivity index (χ1v) is 24.1. The van der Waals surface area contributed by atoms with Crippen LogP contribution in [0.2, 0.25) is 0 Å². The Morgan fingerprint density at radius 3 is 1.91 bits per heavy atom. The van der Waals surface area contributed by atoms with Crippen LogP contribution in [0.15, 0.2) is 39.5 Å². The molecule has 378 valence electrons. The van der Waals surface area contributed by atoms with Crippen LogP contribution in [0.25, 0.3) is 22.8 Å². The number of ether oxygens (including phenoxy) is 4. The average Bonchev–Trinajstić information content (AvgIpc) is 4.19. The highest BCUT2D eigenvalue weighted by atomic mass is 19.4. The highest BCUT2D eigenvalue weighted by molar-refractivity contribution is 5.71. The lowest BCUT2D eigenvalue weighted by molar-refractivity contribution is -0.147. The van der Waals surface area contributed by atoms with E-state index in [1.807, 2.05) is 0 Å². The number of aromatic nitrogens is 4. The van der Waals surface area contributed by atoms with E-state index in [-0.39, 0.29) is 91.3 Å². The number of carboxylic acids is 2. The number of aliphatic carboxylic acids is 2. The number of hydrogen-bond acceptors (Lipinski definition) is 14. The zero-order valence-corrected chi connectivity index (χ0v) is 39.5. The fraction of sp³-hybridized carbons (Fsp3) is 0.592. The summed E-state index contributed by atoms with van der Waals surface area (Å²) in [5.41, 5.74) is -0.339. The van der Waals surface area contributed by atoms with Crippen LogP contribution in [-0.4, -0.2) is 103 Å². The van der Waals surface area contributed by atoms with E-state index in [0.29, 0.717) is 36.3 Å². The topological polar surface area (TPSA) is 230 Å². The largest absolute Gasteiger partial charge is 0.489 e. The molecule has 0 saturated heterocycles. The van der Waals surface area contributed by atoms with E-state index < -0.39 is 65.6 Å². The Hall–Kier alpha value is -6.41. The second-order valence-corrected chi connectivity index (χ2v) is 19.1. The summed E-state index contributed by atoms with van der Waals surface area (Å²) >= 11 is 0. The van der Waals surface area contributed by atoms with Gasteiger partial charge in [-0.15, -0.1) is 0 Å². The predicted molar refractivity (Wildman–Crippen MR) is 240 cm³/mol. The van der Waals surface area contributed by atoms with Gasteiger partial charge in [-0.25, -0.2) is 14.6 Å². The van der Waals surface area contributed by atoms with Crippen LogP contribution in [0.3, 0.4) is 0 Å². The Morgan fingerprint density at radius 1 is 0.700 bits per heavy atom. The standard InChI is InChI=1S/C49H59F3N6O12/c1-27-36(25-65-47(63)57(2)31-10-4-5-11-31)42(55-69-27)39-17-18-40(44(54-39)49(50,51)52)68-35-20-28(19-30(23-35)46(61)62)21-41-37(26-66-48(64)58(3)32-12-6-7-13-32)43(56-70-41)38-16-15-34(24-53-38)67-33-14-8-9-29(22-33)45(59)60/h15-18,24,28-33,35H,4-14,19-23,25-26H2,1-3H3,(H,59,60)(H,61,62)/t28?,29-,30-,33-,35-/m0/s1. The Balaban J connectivity index is 1.00. The lowest BCUT2D eigenvalue weighted by Gasteiger charge is -2.33. The lowest BCUT2D eigenvalue weighted by Crippen LogP contribution is -2.36. The summed E-state index contributed by atoms with van der Waals surface area (Å²) in [4.78, 5) is 62.0. The van der Waals surface area contributed by atoms with Crippen LogP contribution in [0, 0.1) is 24.7 Å². The number of hydrogen-bond donors (Lipinski definition) is 2. The maximum absolute atomic E-state index is 14.8. The van der Waals surface area contributed by atoms with E-state index in [1.165, 1.54) is 17.2 Å². The number of carboxylic acid groups (broad SMARTS) is 2. The summed E-state index contributed by atoms with van der Waals surface area (Å²) in [6, 6.07) is 5.81. The molecule has 4 aliphatic rings. The zero-order valence-electron chi connectivity index (χ0n) is 39.5. The van der Waals surface area contributed by atoms with E-state index in [0.717, 1.165) is 63.9 Å². The molecular formula is C49H59F3N6O12. The van der Waals surface area contributed by atoms with Crippen molar-refractivity contribution in [3.05, 3.63) is 58.8 Å². The number of carbonyl (C=O) groups excluding carboxylic acids is 2. The monoisotopic (exact) mass is 980 g/mol. The molecule has 4 aromatic rings. The normalized spacial score (nSPS) is 22.1. The van der Waals surface area contributed by atoms with Gasteiger partial charge in [0.1, 0.15) is 41.9 Å². The summed E-state index contributed by atoms with van der Waals surface area (Å²) in [6.07, 6.45) is 4.14. The SMILES string of the molecule is Cc1onc(-c2ccc(O[C@H]3CC(Cc4onc(-c5ccc(O[C@H]6CCC[C@H](C(=O)O)C6)cn5)c4COC(=O)N(C)C4CCCC4)C[C@H](C(=O)O)C3)c(C(F)(F)F)n2)c1COC(=O)N(C)C1CCCC1. The molecule has 0 aliphatic heterocycles. The van der Waals surface area contributed by atoms with Crippen LogP contribution in [0.1, 0.15) is 125 Å². The first-order valence-electron chi connectivity index (χ1n) is 24.1. The molecule has 4 aromatic heterocycles. The van der Waals surface area contributed by atoms with Crippen molar-refractivity contribution in [2.45, 2.75) is 153 Å². The third-order valence-corrected chi connectivity index (χ3v) is 14.4. The number of amides is 2. The minimum absolute atomic E-state index is 0.0308. The van der Waals surface area contributed by atoms with E-state index in [9.17, 15) is 42.6 Å². The summed E-state index contributed by atoms with van der Waals surface area (Å²) in [5.74, 6) is -3.64. The molecule has 70 heavy (non-hydrogen) atoms. The molecule has 4 fully saturated rings. The van der Waals surface area contributed by atoms with Gasteiger partial charge < -0.3 is 48.0 Å². The van der Waals surface area contributed by atoms with Gasteiger partial charge in [0.05, 0.1) is 52.8 Å². The molecule has 0 spiro atoms. The summed E-state index contributed by atoms with van der Waals surface area (Å²) in [7, 11) is 3.33. The molecule has 8 rings (SSSR count). The number of nitrogens with zero attached hydrogens (tertiary/aromatic N) is 6. The second kappa shape index (κ2) is 21.7. The van der Waals surface area contributed by atoms with Crippen LogP contribution >= 0.6 is 0 Å². The van der Waals surface area contributed by atoms with Gasteiger partial charge in [-0.2, -0.15) is 13.2 Å². The first-order chi connectivity index (χ1) is 33.5. The van der Waals surface area contributed by atoms with Gasteiger partial charge in [-0.05, 0) is 108 Å². The number of rotatable bonds is 16. The maximum atomic E-state index is 14.8. The van der Waals surface area contributed by atoms with Gasteiger partial charge >= 0.3 is 30.3 Å². The zero-order chi connectivity index (χ0) is 49.7. The number of halogens is 3. The van der Waals surface area contributed by atoms with Crippen molar-refractivity contribution in [2.24, 2.45) is 17.8 Å². The summed E-state index contributed by atoms with van der Waals surface area (Å²) in [6.45, 7) is 0.971. The highest BCUT2D eigenvalue weighted by Gasteiger charge is 2.41. The number of alkyl halides is 3. The van der Waals surface area contributed by atoms with Gasteiger partial charge in [-0.3, -0.25) is 14.6 Å². The Labute approximate surface area is 402 Å². The van der Waals surface area contributed by atoms with Gasteiger partial charge in [0.2, 0.25) is 0 Å². The fourth-order valence-corrected chi connectivity index (χ4v) is 10.4. The lowest BCUT2D eigenvalue weighted by atomic mass is 9.77. The molecule has 4 saturated carbocycles. The molecule has 2 amide bonds. The fourth-order valence-electron chi connectivity index (χ4n) is 10.4. The molecule has 0 bridgehead atoms. The number of pyridine rings is 2. The van der Waals surface area contributed by atoms with E-state index >= 15 is 0 Å². The van der Waals surface area contributed by atoms with Gasteiger partial charge in [0.25, 0.3) is 0 Å². The number of aryl methyl sites for hydroxylation is 1. The minimum Gasteiger partial charge on any atom is -0.489 e. The van der Waals surface area contributed by atoms with E-state index in [2.05, 4.69) is 20.3 Å². The van der Waals surface area contributed by atoms with Crippen LogP contribution < -0.4 is 9.47 Å². The van der Waals surface area contributed by atoms with Crippen LogP contribution in [-0.2, 0) is 44.9 Å². The minimum atomic E-state index is -5.01. The van der Waals surface area contributed by atoms with Gasteiger partial charge in [0, 0.05) is 32.6 Å². The van der Waals surface area contributed by atoms with Crippen molar-refractivity contribution in [3.63, 3.8) is 0 Å². The average molecular weight is 981 g/mol. The van der Waals surface area contributed by atoms with Gasteiger partial charge in [0.15, 0.2) is 11.4 Å². The third-order valence-electron chi connectivity index (χ3n) is 14.4. The van der Waals surface area contributed by atoms with Crippen molar-refractivity contribution in [2.75, 3.05) is 14.1 Å². The maximum Gasteiger partial charge on any atom is 0.437 e. The molecule has 5 atom stereocenters. The molecule has 1 unspecified atom stereocenters. The molecular weight excluding hydrogens is 922 g/mol. The molecule has 4 heterocycles. The smallest absolute Gasteiger partial charge is 0.437 e. The molecule has 4 aliphatic carbocycles. The Kier molecular flexibility index (Phi) is 15.5. The predicted octanol–water partition coefficient (Wildman–Crippen LogP) is 9.65. The highest BCUT2D eigenvalue weighted by Crippen LogP contribution is 2.41. The Morgan fingerprint density at radius 2 is 1.30 bits per heavy atom. The van der Waals surface area contributed by atoms with Gasteiger partial charge in [-0.1, -0.05) is 36.0 Å². The second-order valence-electron chi connectivity index (χ2n) is 19.1. The molecule has 0 radical (unpaired) electrons. The Bertz CT molecular complexity index is 2490. The van der Waals surface area contributed by atoms with Crippen molar-refractivity contribution in [1.82, 2.24) is 30.1 Å². The summed E-state index contributed by atoms with van der Waals surface area (Å²) < 4.78 is 79.3. The van der Waals surface area contributed by atoms with Crippen LogP contribution in [0.5, 0.6) is 11.5 Å². The third kappa shape index (κ3) is 11.8. The molecule has 21 heteroatoms. The van der Waals surface area contributed by atoms with Crippen LogP contribution in [0.4, 0.5) is 22.8 Å². The van der Waals surface area contributed by atoms with E-state index in [1.54, 1.807) is 38.1 Å². The summed E-state index contributed by atoms with van der Waals surface area (Å²) in [5, 5.41) is 28.1. The van der Waals surface area contributed by atoms with Crippen molar-refractivity contribution in [1.29, 1.82) is 0 Å². The van der Waals surface area contributed by atoms with E-state index in [4.69, 9.17) is 28.0 Å². The molecule has 0 aromatic carbocycles. The van der Waals surface area contributed by atoms with Crippen molar-refractivity contribution in [3.8, 4) is 34.3 Å². The molecule has 2 N–H and O–H groups in total. The van der Waals surface area contributed by atoms with Crippen molar-refractivity contribution < 1.29 is 70.6 Å². The molecule has 18 nitrogen and oxygen atoms in total. The number of carbonyl (C=O) groups is 4. The quantitative estimate of drug-likeness (QED) is 0.106. The van der Waals surface area contributed by atoms with Crippen molar-refractivity contribution >= 4 is 24.1 Å².